The predicted octanol–water partition coefficient (Wildman–Crippen LogP) is 3.81. The Bertz CT molecular complexity index is 1100. The number of hydrogen-bond donors (Lipinski definition) is 0. The van der Waals surface area contributed by atoms with Gasteiger partial charge in [0.25, 0.3) is 5.91 Å². The monoisotopic (exact) mass is 478 g/mol. The largest absolute Gasteiger partial charge is 0.457 e. The molecule has 1 heterocycles. The van der Waals surface area contributed by atoms with E-state index in [1.807, 2.05) is 67.5 Å². The highest BCUT2D eigenvalue weighted by atomic mass is 16.6. The molecule has 3 atom stereocenters. The van der Waals surface area contributed by atoms with Crippen molar-refractivity contribution in [2.24, 2.45) is 0 Å². The molecule has 4 rings (SSSR count). The molecule has 1 saturated heterocycles. The third-order valence-electron chi connectivity index (χ3n) is 7.66. The minimum absolute atomic E-state index is 0.0210. The number of likely N-dealkylation sites (N-methyl/N-ethyl adjacent to an activating group) is 1. The molecule has 0 bridgehead atoms. The normalized spacial score (nSPS) is 26.3. The number of piperidine rings is 1. The molecule has 1 saturated carbocycles. The van der Waals surface area contributed by atoms with Gasteiger partial charge in [-0.15, -0.1) is 0 Å². The zero-order valence-electron chi connectivity index (χ0n) is 21.0. The summed E-state index contributed by atoms with van der Waals surface area (Å²) in [5, 5.41) is 0. The Morgan fingerprint density at radius 1 is 1.00 bits per heavy atom. The van der Waals surface area contributed by atoms with Crippen molar-refractivity contribution in [1.29, 1.82) is 0 Å². The number of fused-ring (bicyclic) bond motifs is 1. The van der Waals surface area contributed by atoms with Crippen LogP contribution in [0.1, 0.15) is 55.5 Å². The van der Waals surface area contributed by atoms with E-state index in [-0.39, 0.29) is 23.9 Å². The molecule has 2 aromatic carbocycles. The van der Waals surface area contributed by atoms with E-state index in [0.717, 1.165) is 24.9 Å². The summed E-state index contributed by atoms with van der Waals surface area (Å²) in [6, 6.07) is 16.8. The first-order chi connectivity index (χ1) is 16.7. The number of benzene rings is 2. The van der Waals surface area contributed by atoms with Gasteiger partial charge < -0.3 is 19.3 Å². The van der Waals surface area contributed by atoms with Gasteiger partial charge in [0.05, 0.1) is 0 Å². The Balaban J connectivity index is 1.77. The molecule has 2 aliphatic rings. The first-order valence-corrected chi connectivity index (χ1v) is 12.2. The van der Waals surface area contributed by atoms with Crippen LogP contribution >= 0.6 is 0 Å². The molecule has 7 heteroatoms. The lowest BCUT2D eigenvalue weighted by Gasteiger charge is -2.59. The summed E-state index contributed by atoms with van der Waals surface area (Å²) in [4.78, 5) is 41.4. The molecule has 0 aromatic heterocycles. The fourth-order valence-corrected chi connectivity index (χ4v) is 6.07. The Morgan fingerprint density at radius 3 is 2.43 bits per heavy atom. The standard InChI is InChI=1S/C28H34N2O5/c1-20(31)34-25-12-8-11-23(17-25)27-15-16-29(3)19-28(27,35-21(2)32)14-13-24(18-27)30(4)26(33)22-9-6-5-7-10-22/h5-12,17,24H,13-16,18-19H2,1-4H3/t24-,27+,28+/m1/s1. The quantitative estimate of drug-likeness (QED) is 0.481. The maximum atomic E-state index is 13.3. The van der Waals surface area contributed by atoms with Gasteiger partial charge >= 0.3 is 11.9 Å². The van der Waals surface area contributed by atoms with E-state index in [1.165, 1.54) is 13.8 Å². The Hall–Kier alpha value is -3.19. The topological polar surface area (TPSA) is 76.2 Å². The highest BCUT2D eigenvalue weighted by molar-refractivity contribution is 5.94. The Kier molecular flexibility index (Phi) is 6.99. The number of carbonyl (C=O) groups excluding carboxylic acids is 3. The van der Waals surface area contributed by atoms with Crippen molar-refractivity contribution < 1.29 is 23.9 Å². The molecular formula is C28H34N2O5. The van der Waals surface area contributed by atoms with Crippen LogP contribution in [0.15, 0.2) is 54.6 Å². The van der Waals surface area contributed by atoms with Crippen LogP contribution in [0.25, 0.3) is 0 Å². The lowest BCUT2D eigenvalue weighted by molar-refractivity contribution is -0.187. The smallest absolute Gasteiger partial charge is 0.308 e. The SMILES string of the molecule is CC(=O)Oc1cccc([C@@]23CCN(C)C[C@@]2(OC(C)=O)CC[C@@H](N(C)C(=O)c2ccccc2)C3)c1. The first kappa shape index (κ1) is 24.9. The number of ether oxygens (including phenoxy) is 2. The summed E-state index contributed by atoms with van der Waals surface area (Å²) in [6.45, 7) is 4.27. The maximum absolute atomic E-state index is 13.3. The first-order valence-electron chi connectivity index (χ1n) is 12.2. The van der Waals surface area contributed by atoms with Gasteiger partial charge in [-0.2, -0.15) is 0 Å². The fourth-order valence-electron chi connectivity index (χ4n) is 6.07. The molecule has 2 aromatic rings. The summed E-state index contributed by atoms with van der Waals surface area (Å²) in [5.41, 5.74) is 0.348. The number of carbonyl (C=O) groups is 3. The summed E-state index contributed by atoms with van der Waals surface area (Å²) < 4.78 is 11.6. The zero-order valence-corrected chi connectivity index (χ0v) is 21.0. The minimum atomic E-state index is -0.742. The lowest BCUT2D eigenvalue weighted by Crippen LogP contribution is -2.68. The molecule has 0 spiro atoms. The van der Waals surface area contributed by atoms with Crippen molar-refractivity contribution in [2.75, 3.05) is 27.2 Å². The van der Waals surface area contributed by atoms with Gasteiger partial charge in [-0.3, -0.25) is 14.4 Å². The van der Waals surface area contributed by atoms with E-state index >= 15 is 0 Å². The number of likely N-dealkylation sites (tertiary alicyclic amines) is 1. The van der Waals surface area contributed by atoms with Crippen molar-refractivity contribution in [3.8, 4) is 5.75 Å². The number of nitrogens with zero attached hydrogens (tertiary/aromatic N) is 2. The van der Waals surface area contributed by atoms with Gasteiger partial charge in [0.15, 0.2) is 0 Å². The molecule has 0 unspecified atom stereocenters. The zero-order chi connectivity index (χ0) is 25.2. The summed E-state index contributed by atoms with van der Waals surface area (Å²) in [6.07, 6.45) is 2.75. The minimum Gasteiger partial charge on any atom is -0.457 e. The summed E-state index contributed by atoms with van der Waals surface area (Å²) in [7, 11) is 3.90. The van der Waals surface area contributed by atoms with Crippen LogP contribution in [-0.4, -0.2) is 66.5 Å². The number of amides is 1. The molecule has 2 fully saturated rings. The second-order valence-corrected chi connectivity index (χ2v) is 9.96. The third-order valence-corrected chi connectivity index (χ3v) is 7.66. The van der Waals surface area contributed by atoms with Crippen LogP contribution in [0.4, 0.5) is 0 Å². The summed E-state index contributed by atoms with van der Waals surface area (Å²) in [5.74, 6) is -0.250. The van der Waals surface area contributed by atoms with Crippen molar-refractivity contribution in [1.82, 2.24) is 9.80 Å². The maximum Gasteiger partial charge on any atom is 0.308 e. The molecule has 35 heavy (non-hydrogen) atoms. The number of hydrogen-bond acceptors (Lipinski definition) is 6. The lowest BCUT2D eigenvalue weighted by atomic mass is 9.55. The third kappa shape index (κ3) is 4.82. The Labute approximate surface area is 207 Å². The molecule has 1 aliphatic carbocycles. The second-order valence-electron chi connectivity index (χ2n) is 9.96. The second kappa shape index (κ2) is 9.82. The van der Waals surface area contributed by atoms with E-state index in [4.69, 9.17) is 9.47 Å². The molecular weight excluding hydrogens is 444 g/mol. The van der Waals surface area contributed by atoms with Crippen molar-refractivity contribution in [3.05, 3.63) is 65.7 Å². The molecule has 1 aliphatic heterocycles. The highest BCUT2D eigenvalue weighted by Crippen LogP contribution is 2.54. The van der Waals surface area contributed by atoms with Crippen LogP contribution < -0.4 is 4.74 Å². The van der Waals surface area contributed by atoms with E-state index < -0.39 is 11.0 Å². The van der Waals surface area contributed by atoms with Crippen molar-refractivity contribution >= 4 is 17.8 Å². The van der Waals surface area contributed by atoms with Crippen LogP contribution in [0.5, 0.6) is 5.75 Å². The molecule has 0 radical (unpaired) electrons. The fraction of sp³-hybridized carbons (Fsp3) is 0.464. The van der Waals surface area contributed by atoms with Crippen LogP contribution in [0.2, 0.25) is 0 Å². The van der Waals surface area contributed by atoms with Gasteiger partial charge in [0.1, 0.15) is 11.4 Å². The van der Waals surface area contributed by atoms with E-state index in [0.29, 0.717) is 30.7 Å². The average molecular weight is 479 g/mol. The van der Waals surface area contributed by atoms with Crippen molar-refractivity contribution in [2.45, 2.75) is 56.6 Å². The van der Waals surface area contributed by atoms with Gasteiger partial charge in [-0.05, 0) is 69.1 Å². The molecule has 7 nitrogen and oxygen atoms in total. The molecule has 1 amide bonds. The van der Waals surface area contributed by atoms with E-state index in [1.54, 1.807) is 6.07 Å². The molecule has 186 valence electrons. The van der Waals surface area contributed by atoms with E-state index in [2.05, 4.69) is 4.90 Å². The van der Waals surface area contributed by atoms with Crippen LogP contribution in [0.3, 0.4) is 0 Å². The number of esters is 2. The van der Waals surface area contributed by atoms with Gasteiger partial charge in [-0.25, -0.2) is 0 Å². The van der Waals surface area contributed by atoms with Crippen molar-refractivity contribution in [3.63, 3.8) is 0 Å². The van der Waals surface area contributed by atoms with Gasteiger partial charge in [0.2, 0.25) is 0 Å². The van der Waals surface area contributed by atoms with Crippen LogP contribution in [0, 0.1) is 0 Å². The highest BCUT2D eigenvalue weighted by Gasteiger charge is 2.61. The van der Waals surface area contributed by atoms with E-state index in [9.17, 15) is 14.4 Å². The van der Waals surface area contributed by atoms with Gasteiger partial charge in [-0.1, -0.05) is 30.3 Å². The summed E-state index contributed by atoms with van der Waals surface area (Å²) >= 11 is 0. The predicted molar refractivity (Wildman–Crippen MR) is 132 cm³/mol. The Morgan fingerprint density at radius 2 is 1.74 bits per heavy atom. The average Bonchev–Trinajstić information content (AvgIpc) is 2.82. The van der Waals surface area contributed by atoms with Crippen LogP contribution in [-0.2, 0) is 19.7 Å². The number of rotatable bonds is 5. The molecule has 0 N–H and O–H groups in total. The van der Waals surface area contributed by atoms with Gasteiger partial charge in [0, 0.05) is 44.5 Å².